The van der Waals surface area contributed by atoms with Crippen LogP contribution in [0.1, 0.15) is 62.0 Å². The van der Waals surface area contributed by atoms with E-state index in [1.807, 2.05) is 72.8 Å². The number of benzene rings is 4. The highest BCUT2D eigenvalue weighted by Gasteiger charge is 2.36. The Morgan fingerprint density at radius 1 is 0.453 bits per heavy atom. The van der Waals surface area contributed by atoms with Crippen molar-refractivity contribution in [2.24, 2.45) is 0 Å². The number of aromatic nitrogens is 4. The summed E-state index contributed by atoms with van der Waals surface area (Å²) in [5, 5.41) is 21.0. The number of rotatable bonds is 5. The Bertz CT molecular complexity index is 2550. The fraction of sp³-hybridized carbons (Fsp3) is 0.0444. The van der Waals surface area contributed by atoms with E-state index in [4.69, 9.17) is 9.47 Å². The van der Waals surface area contributed by atoms with Crippen molar-refractivity contribution >= 4 is 10.8 Å². The minimum atomic E-state index is 0.596. The molecular weight excluding hydrogens is 657 g/mol. The first-order valence-corrected chi connectivity index (χ1v) is 17.1. The molecule has 250 valence electrons. The van der Waals surface area contributed by atoms with Gasteiger partial charge in [-0.25, -0.2) is 0 Å². The summed E-state index contributed by atoms with van der Waals surface area (Å²) >= 11 is 0. The fourth-order valence-electron chi connectivity index (χ4n) is 7.36. The zero-order chi connectivity index (χ0) is 36.1. The first kappa shape index (κ1) is 31.4. The van der Waals surface area contributed by atoms with E-state index in [1.54, 1.807) is 14.2 Å². The second kappa shape index (κ2) is 12.6. The topological polar surface area (TPSA) is 129 Å². The highest BCUT2D eigenvalue weighted by atomic mass is 16.5. The molecule has 0 saturated carbocycles. The van der Waals surface area contributed by atoms with E-state index >= 15 is 0 Å². The Balaban J connectivity index is 1.31. The fourth-order valence-corrected chi connectivity index (χ4v) is 7.36. The number of fused-ring (bicyclic) bond motifs is 10. The average molecular weight is 688 g/mol. The molecule has 0 atom stereocenters. The number of hydrogen-bond acceptors (Lipinski definition) is 4. The maximum atomic E-state index is 9.55. The summed E-state index contributed by atoms with van der Waals surface area (Å²) < 4.78 is 11.5. The SMILES string of the molecule is COc1ccc2c(OC)ccc([C+]3c4ccc([nH]4)[C+](c4ccc(C#N)cc4)c4ccc([nH]4)-c4ccc([nH]4)[C+](c4ccc(C#N)cc4)c4ccc3[nH]4)c2c1. The molecule has 8 nitrogen and oxygen atoms in total. The number of methoxy groups -OCH3 is 2. The van der Waals surface area contributed by atoms with E-state index in [0.29, 0.717) is 11.1 Å². The molecule has 4 aromatic carbocycles. The van der Waals surface area contributed by atoms with E-state index in [2.05, 4.69) is 86.7 Å². The lowest BCUT2D eigenvalue weighted by Gasteiger charge is -2.15. The van der Waals surface area contributed by atoms with Crippen molar-refractivity contribution in [2.45, 2.75) is 0 Å². The molecule has 0 spiro atoms. The summed E-state index contributed by atoms with van der Waals surface area (Å²) in [6.45, 7) is 0. The van der Waals surface area contributed by atoms with E-state index in [0.717, 1.165) is 102 Å². The first-order chi connectivity index (χ1) is 26.0. The van der Waals surface area contributed by atoms with Crippen LogP contribution in [0.4, 0.5) is 0 Å². The van der Waals surface area contributed by atoms with Gasteiger partial charge in [0.25, 0.3) is 0 Å². The predicted molar refractivity (Wildman–Crippen MR) is 203 cm³/mol. The van der Waals surface area contributed by atoms with Crippen LogP contribution < -0.4 is 9.47 Å². The number of nitrogens with one attached hydrogen (secondary N) is 4. The van der Waals surface area contributed by atoms with Crippen molar-refractivity contribution in [3.05, 3.63) is 207 Å². The molecule has 1 aliphatic heterocycles. The molecule has 4 aromatic heterocycles. The van der Waals surface area contributed by atoms with Crippen LogP contribution in [-0.2, 0) is 0 Å². The third-order valence-corrected chi connectivity index (χ3v) is 9.93. The molecule has 0 saturated heterocycles. The van der Waals surface area contributed by atoms with Crippen LogP contribution in [0.5, 0.6) is 11.5 Å². The van der Waals surface area contributed by atoms with E-state index in [-0.39, 0.29) is 0 Å². The Morgan fingerprint density at radius 3 is 1.40 bits per heavy atom. The van der Waals surface area contributed by atoms with Gasteiger partial charge in [0.15, 0.2) is 0 Å². The minimum Gasteiger partial charge on any atom is -0.496 e. The quantitative estimate of drug-likeness (QED) is 0.135. The van der Waals surface area contributed by atoms with Gasteiger partial charge < -0.3 is 29.4 Å². The lowest BCUT2D eigenvalue weighted by molar-refractivity contribution is 0.414. The van der Waals surface area contributed by atoms with Crippen LogP contribution in [0.3, 0.4) is 0 Å². The Kier molecular flexibility index (Phi) is 7.50. The summed E-state index contributed by atoms with van der Waals surface area (Å²) in [5.41, 5.74) is 11.4. The lowest BCUT2D eigenvalue weighted by atomic mass is 9.88. The van der Waals surface area contributed by atoms with Gasteiger partial charge >= 0.3 is 0 Å². The van der Waals surface area contributed by atoms with Crippen molar-refractivity contribution in [3.63, 3.8) is 0 Å². The predicted octanol–water partition coefficient (Wildman–Crippen LogP) is 8.95. The van der Waals surface area contributed by atoms with Crippen molar-refractivity contribution in [1.29, 1.82) is 10.5 Å². The van der Waals surface area contributed by atoms with Crippen molar-refractivity contribution in [3.8, 4) is 35.0 Å². The monoisotopic (exact) mass is 687 g/mol. The van der Waals surface area contributed by atoms with E-state index in [1.165, 1.54) is 0 Å². The van der Waals surface area contributed by atoms with Gasteiger partial charge in [-0.15, -0.1) is 0 Å². The van der Waals surface area contributed by atoms with Crippen LogP contribution in [0.15, 0.2) is 127 Å². The lowest BCUT2D eigenvalue weighted by Crippen LogP contribution is -2.10. The summed E-state index contributed by atoms with van der Waals surface area (Å²) in [6, 6.07) is 46.7. The zero-order valence-electron chi connectivity index (χ0n) is 28.8. The molecule has 0 radical (unpaired) electrons. The molecule has 8 heteroatoms. The summed E-state index contributed by atoms with van der Waals surface area (Å²) in [5.74, 6) is 4.39. The zero-order valence-corrected chi connectivity index (χ0v) is 28.8. The molecule has 53 heavy (non-hydrogen) atoms. The van der Waals surface area contributed by atoms with Crippen LogP contribution >= 0.6 is 0 Å². The number of hydrogen-bond donors (Lipinski definition) is 4. The Morgan fingerprint density at radius 2 is 0.925 bits per heavy atom. The molecule has 0 fully saturated rings. The van der Waals surface area contributed by atoms with Gasteiger partial charge in [0, 0.05) is 54.6 Å². The average Bonchev–Trinajstić information content (AvgIpc) is 4.05. The number of ether oxygens (including phenoxy) is 2. The maximum absolute atomic E-state index is 9.55. The van der Waals surface area contributed by atoms with Crippen molar-refractivity contribution < 1.29 is 9.47 Å². The van der Waals surface area contributed by atoms with Gasteiger partial charge in [-0.1, -0.05) is 0 Å². The van der Waals surface area contributed by atoms with Crippen molar-refractivity contribution in [1.82, 2.24) is 19.9 Å². The third-order valence-electron chi connectivity index (χ3n) is 9.93. The van der Waals surface area contributed by atoms with Crippen LogP contribution in [0, 0.1) is 40.4 Å². The molecule has 0 unspecified atom stereocenters. The number of H-pyrrole nitrogens is 4. The minimum absolute atomic E-state index is 0.596. The van der Waals surface area contributed by atoms with Gasteiger partial charge in [-0.3, -0.25) is 0 Å². The van der Waals surface area contributed by atoms with Gasteiger partial charge in [0.05, 0.1) is 88.5 Å². The first-order valence-electron chi connectivity index (χ1n) is 17.1. The van der Waals surface area contributed by atoms with Crippen LogP contribution in [0.2, 0.25) is 0 Å². The molecule has 8 aromatic rings. The largest absolute Gasteiger partial charge is 0.496 e. The Hall–Kier alpha value is -7.55. The third kappa shape index (κ3) is 5.34. The van der Waals surface area contributed by atoms with Crippen LogP contribution in [0.25, 0.3) is 22.2 Å². The smallest absolute Gasteiger partial charge is 0.142 e. The molecule has 8 bridgehead atoms. The molecule has 0 amide bonds. The van der Waals surface area contributed by atoms with Gasteiger partial charge in [0.2, 0.25) is 0 Å². The molecule has 0 aliphatic carbocycles. The molecule has 5 heterocycles. The number of nitriles is 2. The van der Waals surface area contributed by atoms with E-state index in [9.17, 15) is 10.5 Å². The molecule has 9 rings (SSSR count). The molecule has 1 aliphatic rings. The standard InChI is InChI=1S/C45H31N6O2/c1-52-30-11-12-31-33(23-30)32(13-22-42(31)53-2)45-40-20-18-38(50-40)43(28-7-3-26(24-46)4-8-28)36-16-14-34(48-36)35-15-17-37(49-35)44(39-19-21-41(45)51-39)29-9-5-27(25-47)6-10-29/h3-23,48-51H,1-2H3/q+3. The Labute approximate surface area is 306 Å². The van der Waals surface area contributed by atoms with Gasteiger partial charge in [-0.2, -0.15) is 10.5 Å². The normalized spacial score (nSPS) is 12.2. The van der Waals surface area contributed by atoms with Gasteiger partial charge in [-0.05, 0) is 48.5 Å². The summed E-state index contributed by atoms with van der Waals surface area (Å²) in [7, 11) is 3.36. The van der Waals surface area contributed by atoms with Gasteiger partial charge in [0.1, 0.15) is 75.6 Å². The highest BCUT2D eigenvalue weighted by Crippen LogP contribution is 2.42. The number of nitrogens with zero attached hydrogens (tertiary/aromatic N) is 2. The second-order valence-electron chi connectivity index (χ2n) is 12.9. The molecule has 4 N–H and O–H groups in total. The number of aromatic amines is 4. The van der Waals surface area contributed by atoms with Crippen LogP contribution in [-0.4, -0.2) is 34.2 Å². The maximum Gasteiger partial charge on any atom is 0.142 e. The molecular formula is C45H31N6O2+3. The summed E-state index contributed by atoms with van der Waals surface area (Å²) in [6.07, 6.45) is 0. The van der Waals surface area contributed by atoms with Crippen molar-refractivity contribution in [2.75, 3.05) is 14.2 Å². The second-order valence-corrected chi connectivity index (χ2v) is 12.9. The van der Waals surface area contributed by atoms with E-state index < -0.39 is 0 Å². The highest BCUT2D eigenvalue weighted by molar-refractivity contribution is 5.95. The summed E-state index contributed by atoms with van der Waals surface area (Å²) in [4.78, 5) is 14.9.